The highest BCUT2D eigenvalue weighted by atomic mass is 35.5. The second-order valence-corrected chi connectivity index (χ2v) is 4.99. The number of hydrogen-bond acceptors (Lipinski definition) is 2. The largest absolute Gasteiger partial charge is 0.330 e. The van der Waals surface area contributed by atoms with Crippen LogP contribution in [0.15, 0.2) is 23.1 Å². The van der Waals surface area contributed by atoms with Crippen molar-refractivity contribution in [3.8, 4) is 0 Å². The first-order valence-electron chi connectivity index (χ1n) is 4.45. The van der Waals surface area contributed by atoms with Crippen molar-refractivity contribution in [3.05, 3.63) is 28.8 Å². The van der Waals surface area contributed by atoms with E-state index in [1.54, 1.807) is 0 Å². The van der Waals surface area contributed by atoms with Gasteiger partial charge in [-0.1, -0.05) is 17.7 Å². The third kappa shape index (κ3) is 1.85. The Bertz CT molecular complexity index is 314. The van der Waals surface area contributed by atoms with Crippen molar-refractivity contribution in [2.75, 3.05) is 6.54 Å². The number of thioether (sulfide) groups is 1. The summed E-state index contributed by atoms with van der Waals surface area (Å²) in [6, 6.07) is 6.12. The van der Waals surface area contributed by atoms with Crippen LogP contribution < -0.4 is 5.73 Å². The van der Waals surface area contributed by atoms with Gasteiger partial charge >= 0.3 is 0 Å². The number of benzene rings is 1. The average Bonchev–Trinajstić information content (AvgIpc) is 2.49. The van der Waals surface area contributed by atoms with Gasteiger partial charge in [-0.3, -0.25) is 0 Å². The number of hydrogen-bond donors (Lipinski definition) is 1. The van der Waals surface area contributed by atoms with Crippen LogP contribution in [-0.2, 0) is 6.42 Å². The van der Waals surface area contributed by atoms with Crippen molar-refractivity contribution in [3.63, 3.8) is 0 Å². The molecule has 2 rings (SSSR count). The maximum Gasteiger partial charge on any atom is 0.0449 e. The zero-order chi connectivity index (χ0) is 9.26. The summed E-state index contributed by atoms with van der Waals surface area (Å²) in [6.45, 7) is 0.767. The highest BCUT2D eigenvalue weighted by Gasteiger charge is 2.22. The van der Waals surface area contributed by atoms with Gasteiger partial charge in [-0.2, -0.15) is 0 Å². The third-order valence-corrected chi connectivity index (χ3v) is 4.02. The number of halogens is 1. The SMILES string of the molecule is NCCC1Cc2c(Cl)cccc2S1. The fraction of sp³-hybridized carbons (Fsp3) is 0.400. The maximum absolute atomic E-state index is 6.09. The van der Waals surface area contributed by atoms with Crippen LogP contribution >= 0.6 is 23.4 Å². The van der Waals surface area contributed by atoms with E-state index in [9.17, 15) is 0 Å². The number of fused-ring (bicyclic) bond motifs is 1. The minimum Gasteiger partial charge on any atom is -0.330 e. The van der Waals surface area contributed by atoms with Crippen molar-refractivity contribution >= 4 is 23.4 Å². The monoisotopic (exact) mass is 213 g/mol. The summed E-state index contributed by atoms with van der Waals surface area (Å²) in [7, 11) is 0. The molecule has 0 saturated carbocycles. The Morgan fingerprint density at radius 2 is 2.38 bits per heavy atom. The zero-order valence-corrected chi connectivity index (χ0v) is 8.87. The predicted octanol–water partition coefficient (Wildman–Crippen LogP) is 2.71. The molecule has 1 aromatic carbocycles. The van der Waals surface area contributed by atoms with Crippen LogP contribution in [0.4, 0.5) is 0 Å². The van der Waals surface area contributed by atoms with Gasteiger partial charge in [0.25, 0.3) is 0 Å². The molecule has 1 aliphatic heterocycles. The average molecular weight is 214 g/mol. The smallest absolute Gasteiger partial charge is 0.0449 e. The lowest BCUT2D eigenvalue weighted by atomic mass is 10.1. The Morgan fingerprint density at radius 1 is 1.54 bits per heavy atom. The lowest BCUT2D eigenvalue weighted by Crippen LogP contribution is -2.09. The van der Waals surface area contributed by atoms with Crippen LogP contribution in [0.1, 0.15) is 12.0 Å². The molecule has 0 saturated heterocycles. The normalized spacial score (nSPS) is 20.3. The van der Waals surface area contributed by atoms with E-state index in [0.717, 1.165) is 24.4 Å². The quantitative estimate of drug-likeness (QED) is 0.818. The van der Waals surface area contributed by atoms with Gasteiger partial charge in [0.1, 0.15) is 0 Å². The van der Waals surface area contributed by atoms with E-state index in [1.165, 1.54) is 10.5 Å². The van der Waals surface area contributed by atoms with Crippen LogP contribution in [0.5, 0.6) is 0 Å². The Balaban J connectivity index is 2.20. The van der Waals surface area contributed by atoms with Crippen molar-refractivity contribution in [2.24, 2.45) is 5.73 Å². The van der Waals surface area contributed by atoms with E-state index in [-0.39, 0.29) is 0 Å². The third-order valence-electron chi connectivity index (χ3n) is 2.29. The second-order valence-electron chi connectivity index (χ2n) is 3.24. The van der Waals surface area contributed by atoms with Crippen LogP contribution in [-0.4, -0.2) is 11.8 Å². The molecule has 2 N–H and O–H groups in total. The van der Waals surface area contributed by atoms with Crippen molar-refractivity contribution in [1.82, 2.24) is 0 Å². The maximum atomic E-state index is 6.09. The molecule has 0 radical (unpaired) electrons. The summed E-state index contributed by atoms with van der Waals surface area (Å²) in [6.07, 6.45) is 2.16. The zero-order valence-electron chi connectivity index (χ0n) is 7.29. The Morgan fingerprint density at radius 3 is 3.08 bits per heavy atom. The molecule has 1 nitrogen and oxygen atoms in total. The molecule has 0 spiro atoms. The topological polar surface area (TPSA) is 26.0 Å². The molecule has 1 atom stereocenters. The summed E-state index contributed by atoms with van der Waals surface area (Å²) >= 11 is 8.00. The van der Waals surface area contributed by atoms with Gasteiger partial charge in [-0.05, 0) is 37.1 Å². The first kappa shape index (κ1) is 9.38. The fourth-order valence-corrected chi connectivity index (χ4v) is 3.31. The van der Waals surface area contributed by atoms with Crippen molar-refractivity contribution in [1.29, 1.82) is 0 Å². The van der Waals surface area contributed by atoms with Crippen LogP contribution in [0.25, 0.3) is 0 Å². The van der Waals surface area contributed by atoms with Gasteiger partial charge in [0.2, 0.25) is 0 Å². The van der Waals surface area contributed by atoms with E-state index in [0.29, 0.717) is 5.25 Å². The summed E-state index contributed by atoms with van der Waals surface area (Å²) in [5, 5.41) is 1.55. The van der Waals surface area contributed by atoms with Crippen LogP contribution in [0, 0.1) is 0 Å². The lowest BCUT2D eigenvalue weighted by Gasteiger charge is -2.03. The van der Waals surface area contributed by atoms with Gasteiger partial charge in [0, 0.05) is 15.2 Å². The van der Waals surface area contributed by atoms with E-state index >= 15 is 0 Å². The van der Waals surface area contributed by atoms with E-state index < -0.39 is 0 Å². The summed E-state index contributed by atoms with van der Waals surface area (Å²) < 4.78 is 0. The molecule has 3 heteroatoms. The van der Waals surface area contributed by atoms with Crippen molar-refractivity contribution in [2.45, 2.75) is 23.0 Å². The standard InChI is InChI=1S/C10H12ClNS/c11-9-2-1-3-10-8(9)6-7(13-10)4-5-12/h1-3,7H,4-6,12H2. The predicted molar refractivity (Wildman–Crippen MR) is 58.5 cm³/mol. The van der Waals surface area contributed by atoms with Gasteiger partial charge in [-0.25, -0.2) is 0 Å². The van der Waals surface area contributed by atoms with Crippen LogP contribution in [0.3, 0.4) is 0 Å². The van der Waals surface area contributed by atoms with Gasteiger partial charge in [-0.15, -0.1) is 11.8 Å². The summed E-state index contributed by atoms with van der Waals surface area (Å²) in [5.41, 5.74) is 6.85. The highest BCUT2D eigenvalue weighted by Crippen LogP contribution is 2.41. The summed E-state index contributed by atoms with van der Waals surface area (Å²) in [4.78, 5) is 1.34. The number of rotatable bonds is 2. The molecule has 0 amide bonds. The molecule has 70 valence electrons. The molecule has 0 aromatic heterocycles. The summed E-state index contributed by atoms with van der Waals surface area (Å²) in [5.74, 6) is 0. The first-order valence-corrected chi connectivity index (χ1v) is 5.71. The molecule has 0 bridgehead atoms. The molecular weight excluding hydrogens is 202 g/mol. The molecule has 0 fully saturated rings. The lowest BCUT2D eigenvalue weighted by molar-refractivity contribution is 0.774. The minimum absolute atomic E-state index is 0.639. The van der Waals surface area contributed by atoms with Gasteiger partial charge < -0.3 is 5.73 Å². The molecule has 13 heavy (non-hydrogen) atoms. The fourth-order valence-electron chi connectivity index (χ4n) is 1.64. The van der Waals surface area contributed by atoms with E-state index in [1.807, 2.05) is 23.9 Å². The first-order chi connectivity index (χ1) is 6.31. The number of nitrogens with two attached hydrogens (primary N) is 1. The Labute approximate surface area is 87.7 Å². The minimum atomic E-state index is 0.639. The van der Waals surface area contributed by atoms with Crippen molar-refractivity contribution < 1.29 is 0 Å². The molecule has 1 aromatic rings. The highest BCUT2D eigenvalue weighted by molar-refractivity contribution is 8.00. The molecule has 1 aliphatic rings. The Hall–Kier alpha value is -0.180. The Kier molecular flexibility index (Phi) is 2.82. The van der Waals surface area contributed by atoms with Gasteiger partial charge in [0.15, 0.2) is 0 Å². The molecule has 0 aliphatic carbocycles. The van der Waals surface area contributed by atoms with Gasteiger partial charge in [0.05, 0.1) is 0 Å². The molecule has 1 heterocycles. The molecular formula is C10H12ClNS. The van der Waals surface area contributed by atoms with Crippen LogP contribution in [0.2, 0.25) is 5.02 Å². The van der Waals surface area contributed by atoms with E-state index in [2.05, 4.69) is 6.07 Å². The molecule has 1 unspecified atom stereocenters. The second kappa shape index (κ2) is 3.91. The van der Waals surface area contributed by atoms with E-state index in [4.69, 9.17) is 17.3 Å².